The summed E-state index contributed by atoms with van der Waals surface area (Å²) < 4.78 is 2.70. The highest BCUT2D eigenvalue weighted by atomic mass is 35.5. The van der Waals surface area contributed by atoms with Gasteiger partial charge in [0.15, 0.2) is 0 Å². The number of amides is 2. The van der Waals surface area contributed by atoms with Crippen LogP contribution < -0.4 is 5.32 Å². The number of aliphatic hydroxyl groups is 1. The Balaban J connectivity index is 2.23. The second-order valence-corrected chi connectivity index (χ2v) is 7.43. The molecule has 1 aliphatic rings. The van der Waals surface area contributed by atoms with Gasteiger partial charge in [-0.3, -0.25) is 20.2 Å². The van der Waals surface area contributed by atoms with Gasteiger partial charge >= 0.3 is 6.09 Å². The Labute approximate surface area is 169 Å². The normalized spacial score (nSPS) is 16.9. The lowest BCUT2D eigenvalue weighted by atomic mass is 10.1. The first-order valence-electron chi connectivity index (χ1n) is 7.82. The van der Waals surface area contributed by atoms with Crippen molar-refractivity contribution in [2.45, 2.75) is 23.4 Å². The Morgan fingerprint density at radius 3 is 2.74 bits per heavy atom. The number of carbonyl (C=O) groups excluding carboxylic acids is 2. The number of nitro groups is 1. The van der Waals surface area contributed by atoms with Gasteiger partial charge in [-0.1, -0.05) is 23.2 Å². The van der Waals surface area contributed by atoms with E-state index in [0.717, 1.165) is 6.07 Å². The molecule has 1 heterocycles. The van der Waals surface area contributed by atoms with Crippen LogP contribution in [0.5, 0.6) is 0 Å². The van der Waals surface area contributed by atoms with Crippen molar-refractivity contribution in [3.8, 4) is 0 Å². The number of benzene rings is 1. The zero-order chi connectivity index (χ0) is 20.2. The Morgan fingerprint density at radius 1 is 1.44 bits per heavy atom. The van der Waals surface area contributed by atoms with E-state index in [4.69, 9.17) is 34.8 Å². The van der Waals surface area contributed by atoms with Crippen LogP contribution in [0.1, 0.15) is 23.2 Å². The predicted octanol–water partition coefficient (Wildman–Crippen LogP) is 3.11. The summed E-state index contributed by atoms with van der Waals surface area (Å²) >= 11 is 16.6. The molecule has 12 heteroatoms. The lowest BCUT2D eigenvalue weighted by molar-refractivity contribution is -0.385. The van der Waals surface area contributed by atoms with Crippen molar-refractivity contribution >= 4 is 58.2 Å². The summed E-state index contributed by atoms with van der Waals surface area (Å²) in [4.78, 5) is 36.4. The summed E-state index contributed by atoms with van der Waals surface area (Å²) in [7, 11) is 0. The quantitative estimate of drug-likeness (QED) is 0.398. The second kappa shape index (κ2) is 8.92. The summed E-state index contributed by atoms with van der Waals surface area (Å²) in [5.74, 6) is -0.950. The van der Waals surface area contributed by atoms with Gasteiger partial charge in [-0.05, 0) is 25.0 Å². The number of halogens is 3. The van der Waals surface area contributed by atoms with Gasteiger partial charge in [0.1, 0.15) is 5.56 Å². The van der Waals surface area contributed by atoms with Crippen LogP contribution >= 0.6 is 34.8 Å². The van der Waals surface area contributed by atoms with Crippen LogP contribution in [0.4, 0.5) is 16.2 Å². The van der Waals surface area contributed by atoms with Crippen molar-refractivity contribution in [2.75, 3.05) is 24.3 Å². The summed E-state index contributed by atoms with van der Waals surface area (Å²) in [5, 5.41) is 23.0. The van der Waals surface area contributed by atoms with Gasteiger partial charge in [-0.15, -0.1) is 11.6 Å². The molecule has 9 nitrogen and oxygen atoms in total. The van der Waals surface area contributed by atoms with E-state index in [0.29, 0.717) is 19.4 Å². The summed E-state index contributed by atoms with van der Waals surface area (Å²) in [5.41, 5.74) is -0.645. The minimum atomic E-state index is -1.96. The number of nitro benzene ring substituents is 1. The summed E-state index contributed by atoms with van der Waals surface area (Å²) in [6, 6.07) is 3.17. The molecule has 1 atom stereocenters. The topological polar surface area (TPSA) is 122 Å². The highest BCUT2D eigenvalue weighted by Crippen LogP contribution is 2.29. The number of anilines is 1. The molecule has 1 aliphatic heterocycles. The van der Waals surface area contributed by atoms with Crippen molar-refractivity contribution in [1.29, 1.82) is 0 Å². The number of likely N-dealkylation sites (tertiary alicyclic amines) is 1. The molecule has 2 amide bonds. The first-order chi connectivity index (χ1) is 12.7. The molecular formula is C15H16Cl3N3O6. The molecule has 1 fully saturated rings. The van der Waals surface area contributed by atoms with Crippen molar-refractivity contribution in [1.82, 2.24) is 4.90 Å². The van der Waals surface area contributed by atoms with Crippen LogP contribution in [0.15, 0.2) is 18.2 Å². The maximum atomic E-state index is 12.7. The molecule has 27 heavy (non-hydrogen) atoms. The number of alkyl halides is 3. The van der Waals surface area contributed by atoms with Crippen molar-refractivity contribution in [3.05, 3.63) is 33.9 Å². The molecule has 0 bridgehead atoms. The fraction of sp³-hybridized carbons (Fsp3) is 0.467. The summed E-state index contributed by atoms with van der Waals surface area (Å²) in [6.45, 7) is 0.184. The number of rotatable bonds is 6. The third kappa shape index (κ3) is 5.35. The molecule has 1 aromatic rings. The van der Waals surface area contributed by atoms with E-state index in [9.17, 15) is 24.8 Å². The zero-order valence-electron chi connectivity index (χ0n) is 13.9. The van der Waals surface area contributed by atoms with Gasteiger partial charge in [-0.25, -0.2) is 4.79 Å². The Hall–Kier alpha value is -1.81. The minimum absolute atomic E-state index is 0.00193. The number of hydrogen-bond donors (Lipinski definition) is 2. The maximum absolute atomic E-state index is 12.7. The Kier molecular flexibility index (Phi) is 7.10. The smallest absolute Gasteiger partial charge is 0.411 e. The number of ether oxygens (including phenoxy) is 1. The van der Waals surface area contributed by atoms with Gasteiger partial charge < -0.3 is 14.7 Å². The third-order valence-electron chi connectivity index (χ3n) is 3.92. The minimum Gasteiger partial charge on any atom is -0.411 e. The number of carbonyl (C=O) groups is 2. The van der Waals surface area contributed by atoms with Crippen molar-refractivity contribution in [2.24, 2.45) is 0 Å². The molecule has 2 N–H and O–H groups in total. The van der Waals surface area contributed by atoms with Crippen LogP contribution in [-0.4, -0.2) is 56.5 Å². The third-order valence-corrected chi connectivity index (χ3v) is 4.99. The SMILES string of the molecule is O=C(Nc1ccc(C(=O)N2CCCC2CO)c([N+](=O)[O-])c1)OC(Cl)(Cl)CCl. The average Bonchev–Trinajstić information content (AvgIpc) is 3.09. The standard InChI is InChI=1S/C15H16Cl3N3O6/c16-8-15(17,18)27-14(24)19-9-3-4-11(12(6-9)21(25)26)13(23)20-5-1-2-10(20)7-22/h3-4,6,10,22H,1-2,5,7-8H2,(H,19,24). The lowest BCUT2D eigenvalue weighted by Gasteiger charge is -2.23. The van der Waals surface area contributed by atoms with Gasteiger partial charge in [0.2, 0.25) is 0 Å². The molecule has 0 aromatic heterocycles. The second-order valence-electron chi connectivity index (χ2n) is 5.75. The Morgan fingerprint density at radius 2 is 2.15 bits per heavy atom. The number of nitrogens with zero attached hydrogens (tertiary/aromatic N) is 2. The molecule has 1 aromatic carbocycles. The summed E-state index contributed by atoms with van der Waals surface area (Å²) in [6.07, 6.45) is 0.254. The highest BCUT2D eigenvalue weighted by molar-refractivity contribution is 6.50. The fourth-order valence-corrected chi connectivity index (χ4v) is 2.89. The van der Waals surface area contributed by atoms with Gasteiger partial charge in [0, 0.05) is 12.6 Å². The molecule has 148 valence electrons. The highest BCUT2D eigenvalue weighted by Gasteiger charge is 2.33. The van der Waals surface area contributed by atoms with Gasteiger partial charge in [0.05, 0.1) is 29.1 Å². The Bertz CT molecular complexity index is 746. The molecule has 0 radical (unpaired) electrons. The first-order valence-corrected chi connectivity index (χ1v) is 9.11. The number of hydrogen-bond acceptors (Lipinski definition) is 6. The van der Waals surface area contributed by atoms with Crippen LogP contribution in [0, 0.1) is 10.1 Å². The van der Waals surface area contributed by atoms with Gasteiger partial charge in [0.25, 0.3) is 16.1 Å². The first kappa shape index (κ1) is 21.5. The molecule has 2 rings (SSSR count). The zero-order valence-corrected chi connectivity index (χ0v) is 16.1. The van der Waals surface area contributed by atoms with Crippen molar-refractivity contribution < 1.29 is 24.4 Å². The van der Waals surface area contributed by atoms with Crippen LogP contribution in [-0.2, 0) is 4.74 Å². The van der Waals surface area contributed by atoms with E-state index in [1.54, 1.807) is 0 Å². The van der Waals surface area contributed by atoms with E-state index in [1.807, 2.05) is 0 Å². The van der Waals surface area contributed by atoms with Crippen LogP contribution in [0.3, 0.4) is 0 Å². The van der Waals surface area contributed by atoms with Crippen molar-refractivity contribution in [3.63, 3.8) is 0 Å². The van der Waals surface area contributed by atoms with Gasteiger partial charge in [-0.2, -0.15) is 0 Å². The molecule has 0 aliphatic carbocycles. The monoisotopic (exact) mass is 439 g/mol. The largest absolute Gasteiger partial charge is 0.414 e. The molecule has 1 saturated heterocycles. The predicted molar refractivity (Wildman–Crippen MR) is 99.5 cm³/mol. The van der Waals surface area contributed by atoms with E-state index in [1.165, 1.54) is 17.0 Å². The number of nitrogens with one attached hydrogen (secondary N) is 1. The van der Waals surface area contributed by atoms with E-state index < -0.39 is 27.1 Å². The molecule has 0 saturated carbocycles. The fourth-order valence-electron chi connectivity index (χ4n) is 2.70. The lowest BCUT2D eigenvalue weighted by Crippen LogP contribution is -2.37. The van der Waals surface area contributed by atoms with E-state index in [-0.39, 0.29) is 29.8 Å². The molecule has 0 spiro atoms. The van der Waals surface area contributed by atoms with E-state index >= 15 is 0 Å². The average molecular weight is 441 g/mol. The van der Waals surface area contributed by atoms with Crippen LogP contribution in [0.2, 0.25) is 0 Å². The molecular weight excluding hydrogens is 425 g/mol. The number of aliphatic hydroxyl groups excluding tert-OH is 1. The van der Waals surface area contributed by atoms with Crippen LogP contribution in [0.25, 0.3) is 0 Å². The van der Waals surface area contributed by atoms with E-state index in [2.05, 4.69) is 10.1 Å². The molecule has 1 unspecified atom stereocenters. The maximum Gasteiger partial charge on any atom is 0.414 e.